The van der Waals surface area contributed by atoms with Gasteiger partial charge in [0.25, 0.3) is 0 Å². The molecule has 6 rings (SSSR count). The second-order valence-electron chi connectivity index (χ2n) is 7.29. The van der Waals surface area contributed by atoms with E-state index >= 15 is 0 Å². The average Bonchev–Trinajstić information content (AvgIpc) is 3.24. The van der Waals surface area contributed by atoms with Gasteiger partial charge >= 0.3 is 116 Å². The van der Waals surface area contributed by atoms with Gasteiger partial charge in [-0.2, -0.15) is 0 Å². The summed E-state index contributed by atoms with van der Waals surface area (Å²) in [7, 11) is 0. The molecular weight excluding hydrogens is 650 g/mol. The van der Waals surface area contributed by atoms with E-state index in [4.69, 9.17) is 0 Å². The van der Waals surface area contributed by atoms with E-state index in [1.807, 2.05) is 61.8 Å². The van der Waals surface area contributed by atoms with E-state index < -0.39 is 0 Å². The predicted octanol–water partition coefficient (Wildman–Crippen LogP) is 6.16. The van der Waals surface area contributed by atoms with Crippen molar-refractivity contribution < 1.29 is 20.1 Å². The Morgan fingerprint density at radius 2 is 1.52 bits per heavy atom. The maximum atomic E-state index is 4.53. The molecule has 0 saturated heterocycles. The molecule has 163 valence electrons. The molecule has 0 aliphatic heterocycles. The van der Waals surface area contributed by atoms with Crippen molar-refractivity contribution >= 4 is 33.8 Å². The molecule has 0 amide bonds. The van der Waals surface area contributed by atoms with Crippen LogP contribution in [0.4, 0.5) is 0 Å². The zero-order valence-corrected chi connectivity index (χ0v) is 21.9. The van der Waals surface area contributed by atoms with Crippen molar-refractivity contribution in [2.45, 2.75) is 6.92 Å². The zero-order chi connectivity index (χ0) is 21.8. The van der Waals surface area contributed by atoms with Crippen molar-refractivity contribution in [3.8, 4) is 22.6 Å². The van der Waals surface area contributed by atoms with Crippen LogP contribution in [0.15, 0.2) is 97.5 Å². The molecular formula is C28H19IrN3Se-2. The van der Waals surface area contributed by atoms with E-state index in [0.29, 0.717) is 14.5 Å². The molecule has 0 aliphatic rings. The van der Waals surface area contributed by atoms with Crippen molar-refractivity contribution in [2.75, 3.05) is 0 Å². The molecule has 33 heavy (non-hydrogen) atoms. The molecule has 4 aromatic heterocycles. The first kappa shape index (κ1) is 23.2. The Morgan fingerprint density at radius 1 is 0.697 bits per heavy atom. The van der Waals surface area contributed by atoms with Crippen LogP contribution >= 0.6 is 0 Å². The maximum absolute atomic E-state index is 4.53. The standard InChI is InChI=1S/C16H9N2Se.C12H10N.Ir/c1-2-7-15-11(5-1)12-9-14(18-10-16(12)19-15)13-6-3-4-8-17-13;1-10-7-8-12(13-9-10)11-5-3-2-4-6-11;/h1-5,7-10H;2-5,7-9H,1H3;/q2*-1;. The van der Waals surface area contributed by atoms with E-state index in [1.54, 1.807) is 6.20 Å². The van der Waals surface area contributed by atoms with E-state index in [0.717, 1.165) is 22.6 Å². The minimum absolute atomic E-state index is 0. The Morgan fingerprint density at radius 3 is 2.27 bits per heavy atom. The van der Waals surface area contributed by atoms with Crippen molar-refractivity contribution in [1.29, 1.82) is 0 Å². The van der Waals surface area contributed by atoms with E-state index in [1.165, 1.54) is 24.9 Å². The second kappa shape index (κ2) is 10.8. The first-order valence-corrected chi connectivity index (χ1v) is 12.0. The Bertz CT molecular complexity index is 1460. The van der Waals surface area contributed by atoms with Gasteiger partial charge in [0.2, 0.25) is 0 Å². The summed E-state index contributed by atoms with van der Waals surface area (Å²) in [5, 5.41) is 2.65. The van der Waals surface area contributed by atoms with Gasteiger partial charge in [0.05, 0.1) is 0 Å². The third kappa shape index (κ3) is 5.35. The molecule has 0 fully saturated rings. The molecule has 1 radical (unpaired) electrons. The Hall–Kier alpha value is -2.94. The molecule has 0 unspecified atom stereocenters. The number of benzene rings is 2. The third-order valence-corrected chi connectivity index (χ3v) is 7.36. The summed E-state index contributed by atoms with van der Waals surface area (Å²) in [6, 6.07) is 32.7. The SMILES string of the molecule is Cc1ccc(-c2[c-]cccc2)nc1.[Ir].[c-]1cccnc1-c1cc2c(cn1)[se]c1ccccc12. The minimum atomic E-state index is 0. The molecule has 0 atom stereocenters. The first-order chi connectivity index (χ1) is 15.8. The summed E-state index contributed by atoms with van der Waals surface area (Å²) in [5.74, 6) is 0. The molecule has 0 saturated carbocycles. The van der Waals surface area contributed by atoms with E-state index in [2.05, 4.69) is 63.5 Å². The van der Waals surface area contributed by atoms with Crippen molar-refractivity contribution in [2.24, 2.45) is 0 Å². The number of nitrogens with zero attached hydrogens (tertiary/aromatic N) is 3. The molecule has 5 heteroatoms. The number of hydrogen-bond donors (Lipinski definition) is 0. The first-order valence-electron chi connectivity index (χ1n) is 10.3. The average molecular weight is 669 g/mol. The van der Waals surface area contributed by atoms with E-state index in [-0.39, 0.29) is 20.1 Å². The topological polar surface area (TPSA) is 38.7 Å². The molecule has 6 aromatic rings. The van der Waals surface area contributed by atoms with Gasteiger partial charge in [-0.15, -0.1) is 35.9 Å². The summed E-state index contributed by atoms with van der Waals surface area (Å²) >= 11 is 0.380. The van der Waals surface area contributed by atoms with Crippen LogP contribution in [0.25, 0.3) is 41.9 Å². The number of pyridine rings is 3. The summed E-state index contributed by atoms with van der Waals surface area (Å²) < 4.78 is 2.79. The van der Waals surface area contributed by atoms with Crippen LogP contribution in [0.3, 0.4) is 0 Å². The van der Waals surface area contributed by atoms with Gasteiger partial charge in [0, 0.05) is 26.3 Å². The quantitative estimate of drug-likeness (QED) is 0.164. The summed E-state index contributed by atoms with van der Waals surface area (Å²) in [6.45, 7) is 2.03. The van der Waals surface area contributed by atoms with Crippen LogP contribution in [0.2, 0.25) is 0 Å². The van der Waals surface area contributed by atoms with Gasteiger partial charge in [-0.05, 0) is 18.2 Å². The number of fused-ring (bicyclic) bond motifs is 3. The van der Waals surface area contributed by atoms with Gasteiger partial charge in [-0.25, -0.2) is 0 Å². The van der Waals surface area contributed by atoms with Crippen LogP contribution in [-0.4, -0.2) is 29.5 Å². The predicted molar refractivity (Wildman–Crippen MR) is 132 cm³/mol. The Kier molecular flexibility index (Phi) is 7.59. The summed E-state index contributed by atoms with van der Waals surface area (Å²) in [5.41, 5.74) is 4.91. The van der Waals surface area contributed by atoms with Gasteiger partial charge in [0.1, 0.15) is 0 Å². The molecule has 3 nitrogen and oxygen atoms in total. The number of hydrogen-bond acceptors (Lipinski definition) is 3. The third-order valence-electron chi connectivity index (χ3n) is 5.01. The normalized spacial score (nSPS) is 10.3. The number of aromatic nitrogens is 3. The van der Waals surface area contributed by atoms with Gasteiger partial charge in [-0.3, -0.25) is 0 Å². The van der Waals surface area contributed by atoms with Gasteiger partial charge in [-0.1, -0.05) is 12.1 Å². The monoisotopic (exact) mass is 670 g/mol. The van der Waals surface area contributed by atoms with Gasteiger partial charge < -0.3 is 4.98 Å². The molecule has 4 heterocycles. The fraction of sp³-hybridized carbons (Fsp3) is 0.0357. The number of rotatable bonds is 2. The molecule has 0 bridgehead atoms. The van der Waals surface area contributed by atoms with Gasteiger partial charge in [0.15, 0.2) is 0 Å². The summed E-state index contributed by atoms with van der Waals surface area (Å²) in [4.78, 5) is 13.2. The van der Waals surface area contributed by atoms with Crippen LogP contribution in [0.5, 0.6) is 0 Å². The van der Waals surface area contributed by atoms with Crippen molar-refractivity contribution in [1.82, 2.24) is 15.0 Å². The second-order valence-corrected chi connectivity index (χ2v) is 9.57. The van der Waals surface area contributed by atoms with E-state index in [9.17, 15) is 0 Å². The Labute approximate surface area is 212 Å². The van der Waals surface area contributed by atoms with Crippen molar-refractivity contribution in [3.63, 3.8) is 0 Å². The molecule has 0 aliphatic carbocycles. The van der Waals surface area contributed by atoms with Crippen LogP contribution < -0.4 is 0 Å². The fourth-order valence-corrected chi connectivity index (χ4v) is 5.62. The van der Waals surface area contributed by atoms with Crippen molar-refractivity contribution in [3.05, 3.63) is 115 Å². The van der Waals surface area contributed by atoms with Crippen LogP contribution in [0, 0.1) is 19.1 Å². The van der Waals surface area contributed by atoms with Crippen LogP contribution in [-0.2, 0) is 20.1 Å². The summed E-state index contributed by atoms with van der Waals surface area (Å²) in [6.07, 6.45) is 5.64. The zero-order valence-electron chi connectivity index (χ0n) is 17.8. The number of aryl methyl sites for hydroxylation is 1. The molecule has 2 aromatic carbocycles. The fourth-order valence-electron chi connectivity index (χ4n) is 3.41. The molecule has 0 spiro atoms. The van der Waals surface area contributed by atoms with Crippen LogP contribution in [0.1, 0.15) is 5.56 Å². The Balaban J connectivity index is 0.000000164. The molecule has 0 N–H and O–H groups in total.